The largest absolute Gasteiger partial charge is 0.505 e. The molecule has 1 aliphatic heterocycles. The van der Waals surface area contributed by atoms with Crippen LogP contribution in [0, 0.1) is 6.92 Å². The Bertz CT molecular complexity index is 1370. The molecular formula is C24H18BrN3O4. The molecule has 32 heavy (non-hydrogen) atoms. The lowest BCUT2D eigenvalue weighted by atomic mass is 9.96. The second-order valence-corrected chi connectivity index (χ2v) is 8.45. The maximum atomic E-state index is 13.2. The zero-order valence-corrected chi connectivity index (χ0v) is 18.6. The number of likely N-dealkylation sites (tertiary alicyclic amines) is 1. The highest BCUT2D eigenvalue weighted by Crippen LogP contribution is 2.41. The summed E-state index contributed by atoms with van der Waals surface area (Å²) in [5, 5.41) is 11.4. The van der Waals surface area contributed by atoms with Crippen LogP contribution in [0.5, 0.6) is 0 Å². The molecular weight excluding hydrogens is 474 g/mol. The second kappa shape index (κ2) is 7.80. The molecule has 5 rings (SSSR count). The number of imidazole rings is 1. The van der Waals surface area contributed by atoms with Gasteiger partial charge in [-0.25, -0.2) is 4.98 Å². The molecule has 0 spiro atoms. The number of amides is 1. The predicted molar refractivity (Wildman–Crippen MR) is 121 cm³/mol. The zero-order valence-electron chi connectivity index (χ0n) is 17.0. The SMILES string of the molecule is Cc1nc2ccccn2c1/C(O)=C1\C(=O)C(=O)N(Cc2ccco2)C1c1ccc(Br)cc1. The topological polar surface area (TPSA) is 88.0 Å². The fraction of sp³-hybridized carbons (Fsp3) is 0.125. The molecule has 1 aromatic carbocycles. The van der Waals surface area contributed by atoms with Crippen molar-refractivity contribution in [2.45, 2.75) is 19.5 Å². The van der Waals surface area contributed by atoms with Crippen molar-refractivity contribution >= 4 is 39.0 Å². The summed E-state index contributed by atoms with van der Waals surface area (Å²) < 4.78 is 8.00. The summed E-state index contributed by atoms with van der Waals surface area (Å²) in [6.07, 6.45) is 3.28. The van der Waals surface area contributed by atoms with Crippen LogP contribution in [-0.4, -0.2) is 31.1 Å². The Hall–Kier alpha value is -3.65. The van der Waals surface area contributed by atoms with E-state index in [1.807, 2.05) is 42.5 Å². The molecule has 1 saturated heterocycles. The quantitative estimate of drug-likeness (QED) is 0.255. The number of hydrogen-bond donors (Lipinski definition) is 1. The summed E-state index contributed by atoms with van der Waals surface area (Å²) in [5.74, 6) is -1.15. The molecule has 1 atom stereocenters. The minimum absolute atomic E-state index is 0.0256. The average Bonchev–Trinajstić information content (AvgIpc) is 3.47. The number of nitrogens with zero attached hydrogens (tertiary/aromatic N) is 3. The molecule has 8 heteroatoms. The van der Waals surface area contributed by atoms with E-state index in [-0.39, 0.29) is 17.9 Å². The van der Waals surface area contributed by atoms with Crippen molar-refractivity contribution in [3.05, 3.63) is 99.8 Å². The molecule has 7 nitrogen and oxygen atoms in total. The van der Waals surface area contributed by atoms with Gasteiger partial charge >= 0.3 is 0 Å². The van der Waals surface area contributed by atoms with Gasteiger partial charge in [-0.1, -0.05) is 34.1 Å². The van der Waals surface area contributed by atoms with E-state index in [4.69, 9.17) is 4.42 Å². The predicted octanol–water partition coefficient (Wildman–Crippen LogP) is 4.62. The lowest BCUT2D eigenvalue weighted by molar-refractivity contribution is -0.140. The van der Waals surface area contributed by atoms with E-state index >= 15 is 0 Å². The molecule has 1 unspecified atom stereocenters. The lowest BCUT2D eigenvalue weighted by Crippen LogP contribution is -2.29. The van der Waals surface area contributed by atoms with Gasteiger partial charge in [0.2, 0.25) is 0 Å². The van der Waals surface area contributed by atoms with E-state index in [1.165, 1.54) is 11.2 Å². The highest BCUT2D eigenvalue weighted by atomic mass is 79.9. The van der Waals surface area contributed by atoms with Crippen LogP contribution in [0.3, 0.4) is 0 Å². The Morgan fingerprint density at radius 3 is 2.62 bits per heavy atom. The third-order valence-corrected chi connectivity index (χ3v) is 6.09. The second-order valence-electron chi connectivity index (χ2n) is 7.53. The minimum Gasteiger partial charge on any atom is -0.505 e. The van der Waals surface area contributed by atoms with E-state index < -0.39 is 17.7 Å². The summed E-state index contributed by atoms with van der Waals surface area (Å²) in [5.41, 5.74) is 2.31. The Balaban J connectivity index is 1.72. The standard InChI is InChI=1S/C24H18BrN3O4/c1-14-20(27-11-3-2-6-18(27)26-14)22(29)19-21(15-7-9-16(25)10-8-15)28(24(31)23(19)30)13-17-5-4-12-32-17/h2-12,21,29H,13H2,1H3/b22-19+. The first-order chi connectivity index (χ1) is 15.5. The highest BCUT2D eigenvalue weighted by Gasteiger charge is 2.46. The number of Topliss-reactive ketones (excluding diaryl/α,β-unsaturated/α-hetero) is 1. The first-order valence-corrected chi connectivity index (χ1v) is 10.8. The van der Waals surface area contributed by atoms with E-state index in [9.17, 15) is 14.7 Å². The number of carbonyl (C=O) groups excluding carboxylic acids is 2. The third-order valence-electron chi connectivity index (χ3n) is 5.56. The van der Waals surface area contributed by atoms with Crippen LogP contribution in [0.4, 0.5) is 0 Å². The molecule has 0 saturated carbocycles. The van der Waals surface area contributed by atoms with Crippen LogP contribution >= 0.6 is 15.9 Å². The lowest BCUT2D eigenvalue weighted by Gasteiger charge is -2.24. The molecule has 0 bridgehead atoms. The van der Waals surface area contributed by atoms with Gasteiger partial charge in [0.25, 0.3) is 11.7 Å². The summed E-state index contributed by atoms with van der Waals surface area (Å²) >= 11 is 3.42. The Kier molecular flexibility index (Phi) is 4.94. The van der Waals surface area contributed by atoms with Gasteiger partial charge in [-0.2, -0.15) is 0 Å². The van der Waals surface area contributed by atoms with Gasteiger partial charge in [-0.3, -0.25) is 14.0 Å². The summed E-state index contributed by atoms with van der Waals surface area (Å²) in [6.45, 7) is 1.86. The third kappa shape index (κ3) is 3.23. The van der Waals surface area contributed by atoms with E-state index in [2.05, 4.69) is 20.9 Å². The number of aliphatic hydroxyl groups excluding tert-OH is 1. The van der Waals surface area contributed by atoms with Crippen molar-refractivity contribution in [1.29, 1.82) is 0 Å². The molecule has 160 valence electrons. The maximum absolute atomic E-state index is 13.2. The monoisotopic (exact) mass is 491 g/mol. The zero-order chi connectivity index (χ0) is 22.4. The number of aromatic nitrogens is 2. The molecule has 4 heterocycles. The van der Waals surface area contributed by atoms with Crippen LogP contribution in [0.1, 0.15) is 28.8 Å². The highest BCUT2D eigenvalue weighted by molar-refractivity contribution is 9.10. The van der Waals surface area contributed by atoms with Crippen molar-refractivity contribution in [1.82, 2.24) is 14.3 Å². The minimum atomic E-state index is -0.776. The summed E-state index contributed by atoms with van der Waals surface area (Å²) in [7, 11) is 0. The van der Waals surface area contributed by atoms with Crippen LogP contribution in [0.2, 0.25) is 0 Å². The van der Waals surface area contributed by atoms with Crippen LogP contribution < -0.4 is 0 Å². The number of fused-ring (bicyclic) bond motifs is 1. The number of furan rings is 1. The molecule has 1 N–H and O–H groups in total. The number of carbonyl (C=O) groups is 2. The van der Waals surface area contributed by atoms with Crippen molar-refractivity contribution < 1.29 is 19.1 Å². The number of hydrogen-bond acceptors (Lipinski definition) is 5. The van der Waals surface area contributed by atoms with Gasteiger partial charge in [0, 0.05) is 10.7 Å². The normalized spacial score (nSPS) is 18.1. The van der Waals surface area contributed by atoms with Gasteiger partial charge in [0.1, 0.15) is 17.1 Å². The molecule has 4 aromatic rings. The molecule has 0 aliphatic carbocycles. The van der Waals surface area contributed by atoms with Gasteiger partial charge in [-0.05, 0) is 48.9 Å². The van der Waals surface area contributed by atoms with Crippen LogP contribution in [0.25, 0.3) is 11.4 Å². The van der Waals surface area contributed by atoms with Crippen molar-refractivity contribution in [3.63, 3.8) is 0 Å². The first kappa shape index (κ1) is 20.3. The number of aliphatic hydroxyl groups is 1. The van der Waals surface area contributed by atoms with Gasteiger partial charge in [-0.15, -0.1) is 0 Å². The number of aryl methyl sites for hydroxylation is 1. The van der Waals surface area contributed by atoms with E-state index in [0.717, 1.165) is 4.47 Å². The van der Waals surface area contributed by atoms with Gasteiger partial charge in [0.15, 0.2) is 5.76 Å². The van der Waals surface area contributed by atoms with Crippen molar-refractivity contribution in [2.75, 3.05) is 0 Å². The molecule has 1 amide bonds. The van der Waals surface area contributed by atoms with Crippen LogP contribution in [-0.2, 0) is 16.1 Å². The van der Waals surface area contributed by atoms with Gasteiger partial charge < -0.3 is 14.4 Å². The first-order valence-electron chi connectivity index (χ1n) is 9.96. The Morgan fingerprint density at radius 1 is 1.12 bits per heavy atom. The van der Waals surface area contributed by atoms with E-state index in [0.29, 0.717) is 28.4 Å². The van der Waals surface area contributed by atoms with Crippen molar-refractivity contribution in [2.24, 2.45) is 0 Å². The fourth-order valence-electron chi connectivity index (χ4n) is 4.13. The fourth-order valence-corrected chi connectivity index (χ4v) is 4.40. The maximum Gasteiger partial charge on any atom is 0.296 e. The number of ketones is 1. The molecule has 1 fully saturated rings. The van der Waals surface area contributed by atoms with Gasteiger partial charge in [0.05, 0.1) is 30.1 Å². The summed E-state index contributed by atoms with van der Waals surface area (Å²) in [6, 6.07) is 15.5. The smallest absolute Gasteiger partial charge is 0.296 e. The number of pyridine rings is 1. The molecule has 3 aromatic heterocycles. The number of halogens is 1. The number of rotatable bonds is 4. The molecule has 0 radical (unpaired) electrons. The van der Waals surface area contributed by atoms with E-state index in [1.54, 1.807) is 29.7 Å². The molecule has 1 aliphatic rings. The number of benzene rings is 1. The van der Waals surface area contributed by atoms with Crippen LogP contribution in [0.15, 0.2) is 81.5 Å². The van der Waals surface area contributed by atoms with Crippen molar-refractivity contribution in [3.8, 4) is 0 Å². The Morgan fingerprint density at radius 2 is 1.91 bits per heavy atom. The Labute approximate surface area is 191 Å². The average molecular weight is 492 g/mol. The summed E-state index contributed by atoms with van der Waals surface area (Å²) in [4.78, 5) is 32.2.